The lowest BCUT2D eigenvalue weighted by Crippen LogP contribution is -2.33. The lowest BCUT2D eigenvalue weighted by molar-refractivity contribution is 0.557. The Morgan fingerprint density at radius 1 is 1.48 bits per heavy atom. The highest BCUT2D eigenvalue weighted by molar-refractivity contribution is 9.10. The second-order valence-electron chi connectivity index (χ2n) is 4.73. The first-order chi connectivity index (χ1) is 9.90. The molecule has 1 atom stereocenters. The molecule has 0 saturated carbocycles. The van der Waals surface area contributed by atoms with Crippen molar-refractivity contribution in [3.05, 3.63) is 16.7 Å². The minimum Gasteiger partial charge on any atom is -0.369 e. The van der Waals surface area contributed by atoms with Gasteiger partial charge in [0.25, 0.3) is 0 Å². The molecule has 1 aromatic heterocycles. The van der Waals surface area contributed by atoms with Crippen LogP contribution >= 0.6 is 27.7 Å². The van der Waals surface area contributed by atoms with Gasteiger partial charge in [-0.15, -0.1) is 0 Å². The zero-order valence-electron chi connectivity index (χ0n) is 12.5. The largest absolute Gasteiger partial charge is 0.369 e. The van der Waals surface area contributed by atoms with Crippen LogP contribution in [0, 0.1) is 0 Å². The zero-order chi connectivity index (χ0) is 15.9. The van der Waals surface area contributed by atoms with Crippen molar-refractivity contribution in [3.63, 3.8) is 0 Å². The monoisotopic (exact) mass is 395 g/mol. The Labute approximate surface area is 139 Å². The lowest BCUT2D eigenvalue weighted by atomic mass is 10.3. The van der Waals surface area contributed by atoms with Crippen molar-refractivity contribution < 1.29 is 8.42 Å². The second kappa shape index (κ2) is 8.97. The fourth-order valence-corrected chi connectivity index (χ4v) is 4.19. The van der Waals surface area contributed by atoms with Gasteiger partial charge in [-0.25, -0.2) is 18.1 Å². The molecule has 0 aromatic carbocycles. The normalized spacial score (nSPS) is 13.1. The summed E-state index contributed by atoms with van der Waals surface area (Å²) in [5, 5.41) is 3.06. The van der Waals surface area contributed by atoms with E-state index in [1.165, 1.54) is 0 Å². The third kappa shape index (κ3) is 6.14. The highest BCUT2D eigenvalue weighted by Gasteiger charge is 2.22. The van der Waals surface area contributed by atoms with Crippen LogP contribution in [0.4, 0.5) is 5.82 Å². The summed E-state index contributed by atoms with van der Waals surface area (Å²) in [5.41, 5.74) is 0. The lowest BCUT2D eigenvalue weighted by Gasteiger charge is -2.16. The fourth-order valence-electron chi connectivity index (χ4n) is 1.68. The van der Waals surface area contributed by atoms with Gasteiger partial charge in [-0.05, 0) is 53.8 Å². The van der Waals surface area contributed by atoms with Crippen LogP contribution in [-0.2, 0) is 10.0 Å². The Morgan fingerprint density at radius 3 is 2.81 bits per heavy atom. The van der Waals surface area contributed by atoms with E-state index in [1.54, 1.807) is 24.0 Å². The zero-order valence-corrected chi connectivity index (χ0v) is 15.7. The van der Waals surface area contributed by atoms with Gasteiger partial charge in [0.05, 0.1) is 0 Å². The quantitative estimate of drug-likeness (QED) is 0.671. The van der Waals surface area contributed by atoms with E-state index in [1.807, 2.05) is 20.1 Å². The molecule has 1 heterocycles. The molecule has 0 radical (unpaired) electrons. The van der Waals surface area contributed by atoms with E-state index in [4.69, 9.17) is 0 Å². The van der Waals surface area contributed by atoms with Gasteiger partial charge in [0, 0.05) is 23.3 Å². The summed E-state index contributed by atoms with van der Waals surface area (Å²) in [6, 6.07) is 1.47. The van der Waals surface area contributed by atoms with Gasteiger partial charge in [-0.1, -0.05) is 6.92 Å². The average Bonchev–Trinajstić information content (AvgIpc) is 2.43. The van der Waals surface area contributed by atoms with Crippen LogP contribution in [0.2, 0.25) is 0 Å². The number of aromatic nitrogens is 1. The Balaban J connectivity index is 2.97. The van der Waals surface area contributed by atoms with Crippen LogP contribution in [0.25, 0.3) is 0 Å². The number of hydrogen-bond donors (Lipinski definition) is 2. The highest BCUT2D eigenvalue weighted by atomic mass is 79.9. The molecule has 8 heteroatoms. The van der Waals surface area contributed by atoms with Gasteiger partial charge in [0.2, 0.25) is 10.0 Å². The molecule has 2 N–H and O–H groups in total. The molecule has 0 saturated heterocycles. The van der Waals surface area contributed by atoms with Crippen molar-refractivity contribution in [1.29, 1.82) is 0 Å². The van der Waals surface area contributed by atoms with E-state index in [0.717, 1.165) is 18.6 Å². The Morgan fingerprint density at radius 2 is 2.19 bits per heavy atom. The predicted molar refractivity (Wildman–Crippen MR) is 93.5 cm³/mol. The van der Waals surface area contributed by atoms with Crippen molar-refractivity contribution >= 4 is 43.5 Å². The molecule has 0 amide bonds. The fraction of sp³-hybridized carbons (Fsp3) is 0.615. The van der Waals surface area contributed by atoms with Crippen molar-refractivity contribution in [1.82, 2.24) is 9.71 Å². The number of halogens is 1. The molecule has 0 fully saturated rings. The standard InChI is InChI=1S/C13H22BrN3O2S2/c1-4-6-15-13-12(8-11(14)9-16-13)21(18,19)17-10(2)5-7-20-3/h8-10,17H,4-7H2,1-3H3,(H,15,16). The van der Waals surface area contributed by atoms with Crippen LogP contribution in [-0.4, -0.2) is 38.0 Å². The minimum absolute atomic E-state index is 0.111. The van der Waals surface area contributed by atoms with Gasteiger partial charge >= 0.3 is 0 Å². The number of pyridine rings is 1. The number of sulfonamides is 1. The maximum Gasteiger partial charge on any atom is 0.244 e. The summed E-state index contributed by atoms with van der Waals surface area (Å²) in [5.74, 6) is 1.31. The van der Waals surface area contributed by atoms with Gasteiger partial charge in [0.15, 0.2) is 0 Å². The Bertz CT molecular complexity index is 552. The number of thioether (sulfide) groups is 1. The maximum atomic E-state index is 12.5. The first-order valence-electron chi connectivity index (χ1n) is 6.81. The van der Waals surface area contributed by atoms with Crippen molar-refractivity contribution in [2.75, 3.05) is 23.9 Å². The van der Waals surface area contributed by atoms with Gasteiger partial charge < -0.3 is 5.32 Å². The van der Waals surface area contributed by atoms with Gasteiger partial charge in [-0.3, -0.25) is 0 Å². The molecule has 1 rings (SSSR count). The number of anilines is 1. The van der Waals surface area contributed by atoms with E-state index in [0.29, 0.717) is 16.8 Å². The topological polar surface area (TPSA) is 71.1 Å². The molecule has 21 heavy (non-hydrogen) atoms. The van der Waals surface area contributed by atoms with Crippen LogP contribution in [0.1, 0.15) is 26.7 Å². The first kappa shape index (κ1) is 18.7. The molecule has 1 aromatic rings. The minimum atomic E-state index is -3.59. The van der Waals surface area contributed by atoms with E-state index in [2.05, 4.69) is 31.0 Å². The summed E-state index contributed by atoms with van der Waals surface area (Å²) in [6.07, 6.45) is 5.29. The molecule has 0 spiro atoms. The van der Waals surface area contributed by atoms with Crippen LogP contribution in [0.3, 0.4) is 0 Å². The van der Waals surface area contributed by atoms with Gasteiger partial charge in [0.1, 0.15) is 10.7 Å². The predicted octanol–water partition coefficient (Wildman–Crippen LogP) is 3.09. The van der Waals surface area contributed by atoms with E-state index in [9.17, 15) is 8.42 Å². The Hall–Kier alpha value is -0.310. The van der Waals surface area contributed by atoms with Crippen molar-refractivity contribution in [2.45, 2.75) is 37.6 Å². The van der Waals surface area contributed by atoms with Gasteiger partial charge in [-0.2, -0.15) is 11.8 Å². The van der Waals surface area contributed by atoms with E-state index >= 15 is 0 Å². The smallest absolute Gasteiger partial charge is 0.244 e. The molecule has 5 nitrogen and oxygen atoms in total. The molecule has 1 unspecified atom stereocenters. The third-order valence-corrected chi connectivity index (χ3v) is 5.44. The number of hydrogen-bond acceptors (Lipinski definition) is 5. The maximum absolute atomic E-state index is 12.5. The van der Waals surface area contributed by atoms with Crippen molar-refractivity contribution in [2.24, 2.45) is 0 Å². The Kier molecular flexibility index (Phi) is 8.00. The molecule has 0 bridgehead atoms. The SMILES string of the molecule is CCCNc1ncc(Br)cc1S(=O)(=O)NC(C)CCSC. The first-order valence-corrected chi connectivity index (χ1v) is 10.5. The number of nitrogens with one attached hydrogen (secondary N) is 2. The average molecular weight is 396 g/mol. The van der Waals surface area contributed by atoms with Crippen LogP contribution in [0.15, 0.2) is 21.6 Å². The van der Waals surface area contributed by atoms with Crippen LogP contribution < -0.4 is 10.0 Å². The molecule has 0 aliphatic rings. The third-order valence-electron chi connectivity index (χ3n) is 2.76. The van der Waals surface area contributed by atoms with Crippen molar-refractivity contribution in [3.8, 4) is 0 Å². The second-order valence-corrected chi connectivity index (χ2v) is 8.31. The molecular formula is C13H22BrN3O2S2. The highest BCUT2D eigenvalue weighted by Crippen LogP contribution is 2.23. The number of rotatable bonds is 9. The van der Waals surface area contributed by atoms with E-state index in [-0.39, 0.29) is 10.9 Å². The van der Waals surface area contributed by atoms with Crippen LogP contribution in [0.5, 0.6) is 0 Å². The molecular weight excluding hydrogens is 374 g/mol. The summed E-state index contributed by atoms with van der Waals surface area (Å²) in [4.78, 5) is 4.35. The molecule has 120 valence electrons. The molecule has 0 aliphatic carbocycles. The summed E-state index contributed by atoms with van der Waals surface area (Å²) in [6.45, 7) is 4.57. The number of nitrogens with zero attached hydrogens (tertiary/aromatic N) is 1. The summed E-state index contributed by atoms with van der Waals surface area (Å²) in [7, 11) is -3.59. The summed E-state index contributed by atoms with van der Waals surface area (Å²) < 4.78 is 28.4. The molecule has 0 aliphatic heterocycles. The van der Waals surface area contributed by atoms with E-state index < -0.39 is 10.0 Å². The summed E-state index contributed by atoms with van der Waals surface area (Å²) >= 11 is 4.98.